The minimum Gasteiger partial charge on any atom is -0.492 e. The zero-order valence-corrected chi connectivity index (χ0v) is 15.7. The largest absolute Gasteiger partial charge is 0.492 e. The Labute approximate surface area is 165 Å². The first kappa shape index (κ1) is 17.9. The Morgan fingerprint density at radius 3 is 3.00 bits per heavy atom. The van der Waals surface area contributed by atoms with Crippen LogP contribution in [0.3, 0.4) is 0 Å². The Morgan fingerprint density at radius 1 is 1.21 bits per heavy atom. The van der Waals surface area contributed by atoms with Crippen LogP contribution in [0, 0.1) is 0 Å². The van der Waals surface area contributed by atoms with Gasteiger partial charge >= 0.3 is 0 Å². The average molecular weight is 391 g/mol. The van der Waals surface area contributed by atoms with Crippen LogP contribution >= 0.6 is 11.3 Å². The predicted octanol–water partition coefficient (Wildman–Crippen LogP) is 3.62. The lowest BCUT2D eigenvalue weighted by atomic mass is 10.3. The van der Waals surface area contributed by atoms with Gasteiger partial charge in [-0.05, 0) is 30.3 Å². The minimum atomic E-state index is -0.223. The summed E-state index contributed by atoms with van der Waals surface area (Å²) in [6.45, 7) is 1.06. The summed E-state index contributed by atoms with van der Waals surface area (Å²) in [6, 6.07) is 15.2. The number of carbonyl (C=O) groups excluding carboxylic acids is 1. The van der Waals surface area contributed by atoms with Crippen molar-refractivity contribution in [3.63, 3.8) is 0 Å². The van der Waals surface area contributed by atoms with Crippen LogP contribution < -0.4 is 10.1 Å². The summed E-state index contributed by atoms with van der Waals surface area (Å²) in [5.41, 5.74) is 1.60. The number of nitrogens with zero attached hydrogens (tertiary/aromatic N) is 4. The number of ether oxygens (including phenoxy) is 1. The molecule has 140 valence electrons. The van der Waals surface area contributed by atoms with Gasteiger partial charge in [0.25, 0.3) is 0 Å². The molecule has 0 unspecified atom stereocenters. The van der Waals surface area contributed by atoms with E-state index < -0.39 is 0 Å². The molecule has 1 N–H and O–H groups in total. The highest BCUT2D eigenvalue weighted by Crippen LogP contribution is 2.22. The maximum absolute atomic E-state index is 12.2. The molecule has 0 bridgehead atoms. The number of para-hydroxylation sites is 1. The average Bonchev–Trinajstić information content (AvgIpc) is 3.36. The number of amides is 1. The molecule has 0 aliphatic rings. The third kappa shape index (κ3) is 4.60. The molecule has 2 heterocycles. The van der Waals surface area contributed by atoms with E-state index in [9.17, 15) is 4.79 Å². The first-order chi connectivity index (χ1) is 13.8. The summed E-state index contributed by atoms with van der Waals surface area (Å²) in [4.78, 5) is 20.6. The number of benzene rings is 2. The zero-order chi connectivity index (χ0) is 19.2. The molecule has 28 heavy (non-hydrogen) atoms. The van der Waals surface area contributed by atoms with Gasteiger partial charge in [-0.15, -0.1) is 11.3 Å². The number of nitrogens with one attached hydrogen (secondary N) is 1. The maximum Gasteiger partial charge on any atom is 0.248 e. The topological polar surface area (TPSA) is 81.9 Å². The summed E-state index contributed by atoms with van der Waals surface area (Å²) in [5.74, 6) is 0.451. The Morgan fingerprint density at radius 2 is 2.14 bits per heavy atom. The molecule has 8 heteroatoms. The number of carbonyl (C=O) groups is 1. The van der Waals surface area contributed by atoms with E-state index in [-0.39, 0.29) is 5.91 Å². The van der Waals surface area contributed by atoms with E-state index in [1.807, 2.05) is 42.5 Å². The van der Waals surface area contributed by atoms with Crippen molar-refractivity contribution in [2.75, 3.05) is 11.9 Å². The fourth-order valence-electron chi connectivity index (χ4n) is 2.56. The number of hydrogen-bond acceptors (Lipinski definition) is 6. The van der Waals surface area contributed by atoms with Gasteiger partial charge in [0.1, 0.15) is 30.0 Å². The van der Waals surface area contributed by atoms with Crippen molar-refractivity contribution in [3.05, 3.63) is 72.3 Å². The summed E-state index contributed by atoms with van der Waals surface area (Å²) in [5, 5.41) is 7.65. The second kappa shape index (κ2) is 8.45. The first-order valence-corrected chi connectivity index (χ1v) is 9.48. The smallest absolute Gasteiger partial charge is 0.248 e. The van der Waals surface area contributed by atoms with Crippen molar-refractivity contribution in [1.82, 2.24) is 19.7 Å². The van der Waals surface area contributed by atoms with Gasteiger partial charge in [0.2, 0.25) is 5.91 Å². The van der Waals surface area contributed by atoms with E-state index in [1.54, 1.807) is 34.5 Å². The Kier molecular flexibility index (Phi) is 5.39. The SMILES string of the molecule is O=C(C=Cc1nc2ccccc2s1)Nc1cccc(OCCn2cncn2)c1. The fraction of sp³-hybridized carbons (Fsp3) is 0.100. The number of thiazole rings is 1. The molecule has 0 radical (unpaired) electrons. The fourth-order valence-corrected chi connectivity index (χ4v) is 3.43. The van der Waals surface area contributed by atoms with Gasteiger partial charge in [-0.3, -0.25) is 4.79 Å². The quantitative estimate of drug-likeness (QED) is 0.487. The third-order valence-electron chi connectivity index (χ3n) is 3.84. The number of anilines is 1. The molecular formula is C20H17N5O2S. The van der Waals surface area contributed by atoms with E-state index in [0.717, 1.165) is 15.2 Å². The normalized spacial score (nSPS) is 11.1. The monoisotopic (exact) mass is 391 g/mol. The molecule has 0 saturated carbocycles. The number of rotatable bonds is 7. The van der Waals surface area contributed by atoms with E-state index in [4.69, 9.17) is 4.74 Å². The second-order valence-corrected chi connectivity index (χ2v) is 6.94. The van der Waals surface area contributed by atoms with Crippen molar-refractivity contribution in [2.45, 2.75) is 6.54 Å². The molecule has 0 fully saturated rings. The Balaban J connectivity index is 1.33. The summed E-state index contributed by atoms with van der Waals surface area (Å²) >= 11 is 1.55. The van der Waals surface area contributed by atoms with Gasteiger partial charge in [-0.1, -0.05) is 18.2 Å². The van der Waals surface area contributed by atoms with E-state index in [1.165, 1.54) is 12.4 Å². The molecule has 0 aliphatic heterocycles. The van der Waals surface area contributed by atoms with Crippen molar-refractivity contribution in [3.8, 4) is 5.75 Å². The number of fused-ring (bicyclic) bond motifs is 1. The van der Waals surface area contributed by atoms with Crippen LogP contribution in [-0.4, -0.2) is 32.3 Å². The van der Waals surface area contributed by atoms with Crippen LogP contribution in [0.15, 0.2) is 67.3 Å². The molecule has 1 amide bonds. The molecule has 0 aliphatic carbocycles. The van der Waals surface area contributed by atoms with Gasteiger partial charge < -0.3 is 10.1 Å². The zero-order valence-electron chi connectivity index (χ0n) is 14.9. The minimum absolute atomic E-state index is 0.223. The molecule has 0 spiro atoms. The van der Waals surface area contributed by atoms with Gasteiger partial charge in [0.05, 0.1) is 16.8 Å². The second-order valence-electron chi connectivity index (χ2n) is 5.88. The first-order valence-electron chi connectivity index (χ1n) is 8.66. The van der Waals surface area contributed by atoms with Crippen molar-refractivity contribution >= 4 is 39.2 Å². The Bertz CT molecular complexity index is 1070. The van der Waals surface area contributed by atoms with E-state index in [2.05, 4.69) is 20.4 Å². The maximum atomic E-state index is 12.2. The lowest BCUT2D eigenvalue weighted by Crippen LogP contribution is -2.10. The van der Waals surface area contributed by atoms with E-state index >= 15 is 0 Å². The summed E-state index contributed by atoms with van der Waals surface area (Å²) in [6.07, 6.45) is 6.32. The third-order valence-corrected chi connectivity index (χ3v) is 4.85. The van der Waals surface area contributed by atoms with Crippen LogP contribution in [0.2, 0.25) is 0 Å². The van der Waals surface area contributed by atoms with Gasteiger partial charge in [-0.25, -0.2) is 14.6 Å². The van der Waals surface area contributed by atoms with Gasteiger partial charge in [0, 0.05) is 17.8 Å². The lowest BCUT2D eigenvalue weighted by molar-refractivity contribution is -0.111. The number of aromatic nitrogens is 4. The predicted molar refractivity (Wildman–Crippen MR) is 109 cm³/mol. The molecule has 2 aromatic carbocycles. The van der Waals surface area contributed by atoms with Crippen molar-refractivity contribution in [1.29, 1.82) is 0 Å². The van der Waals surface area contributed by atoms with Crippen molar-refractivity contribution in [2.24, 2.45) is 0 Å². The van der Waals surface area contributed by atoms with Crippen LogP contribution in [0.4, 0.5) is 5.69 Å². The molecule has 0 saturated heterocycles. The molecule has 2 aromatic heterocycles. The van der Waals surface area contributed by atoms with Gasteiger partial charge in [-0.2, -0.15) is 5.10 Å². The van der Waals surface area contributed by atoms with Crippen LogP contribution in [0.25, 0.3) is 16.3 Å². The highest BCUT2D eigenvalue weighted by Gasteiger charge is 2.03. The van der Waals surface area contributed by atoms with E-state index in [0.29, 0.717) is 24.6 Å². The molecule has 0 atom stereocenters. The Hall–Kier alpha value is -3.52. The highest BCUT2D eigenvalue weighted by atomic mass is 32.1. The summed E-state index contributed by atoms with van der Waals surface area (Å²) in [7, 11) is 0. The molecule has 4 aromatic rings. The van der Waals surface area contributed by atoms with Crippen molar-refractivity contribution < 1.29 is 9.53 Å². The van der Waals surface area contributed by atoms with Crippen LogP contribution in [0.5, 0.6) is 5.75 Å². The van der Waals surface area contributed by atoms with Crippen LogP contribution in [-0.2, 0) is 11.3 Å². The number of hydrogen-bond donors (Lipinski definition) is 1. The highest BCUT2D eigenvalue weighted by molar-refractivity contribution is 7.19. The molecular weight excluding hydrogens is 374 g/mol. The van der Waals surface area contributed by atoms with Gasteiger partial charge in [0.15, 0.2) is 0 Å². The molecule has 7 nitrogen and oxygen atoms in total. The van der Waals surface area contributed by atoms with Crippen LogP contribution in [0.1, 0.15) is 5.01 Å². The lowest BCUT2D eigenvalue weighted by Gasteiger charge is -2.08. The molecule has 4 rings (SSSR count). The summed E-state index contributed by atoms with van der Waals surface area (Å²) < 4.78 is 8.49. The standard InChI is InChI=1S/C20H17N5O2S/c26-19(8-9-20-24-17-6-1-2-7-18(17)28-20)23-15-4-3-5-16(12-15)27-11-10-25-14-21-13-22-25/h1-9,12-14H,10-11H2,(H,23,26).